The van der Waals surface area contributed by atoms with Crippen LogP contribution < -0.4 is 14.2 Å². The molecule has 0 spiro atoms. The number of aromatic nitrogens is 2. The first-order valence-electron chi connectivity index (χ1n) is 13.3. The van der Waals surface area contributed by atoms with Gasteiger partial charge in [0.05, 0.1) is 24.8 Å². The molecule has 0 aliphatic carbocycles. The molecule has 0 bridgehead atoms. The summed E-state index contributed by atoms with van der Waals surface area (Å²) in [5.41, 5.74) is 5.22. The first-order valence-corrected chi connectivity index (χ1v) is 13.3. The van der Waals surface area contributed by atoms with Gasteiger partial charge in [-0.3, -0.25) is 4.79 Å². The summed E-state index contributed by atoms with van der Waals surface area (Å²) < 4.78 is 24.9. The summed E-state index contributed by atoms with van der Waals surface area (Å²) in [4.78, 5) is 16.7. The Hall–Kier alpha value is -4.00. The normalized spacial score (nSPS) is 11.4. The largest absolute Gasteiger partial charge is 0.497 e. The van der Waals surface area contributed by atoms with Crippen molar-refractivity contribution in [3.05, 3.63) is 83.2 Å². The lowest BCUT2D eigenvalue weighted by molar-refractivity contribution is -0.143. The van der Waals surface area contributed by atoms with Crippen LogP contribution in [-0.4, -0.2) is 29.2 Å². The number of carbonyl (C=O) groups is 1. The molecule has 0 unspecified atom stereocenters. The fraction of sp³-hybridized carbons (Fsp3) is 0.375. The van der Waals surface area contributed by atoms with Gasteiger partial charge in [0.15, 0.2) is 0 Å². The van der Waals surface area contributed by atoms with E-state index in [2.05, 4.69) is 45.0 Å². The topological polar surface area (TPSA) is 71.8 Å². The van der Waals surface area contributed by atoms with Crippen LogP contribution >= 0.6 is 0 Å². The Labute approximate surface area is 230 Å². The van der Waals surface area contributed by atoms with Crippen LogP contribution in [0.25, 0.3) is 11.0 Å². The van der Waals surface area contributed by atoms with E-state index in [0.717, 1.165) is 33.7 Å². The highest BCUT2D eigenvalue weighted by Crippen LogP contribution is 2.29. The monoisotopic (exact) mass is 530 g/mol. The fourth-order valence-electron chi connectivity index (χ4n) is 4.32. The number of methoxy groups -OCH3 is 1. The van der Waals surface area contributed by atoms with Crippen molar-refractivity contribution in [3.63, 3.8) is 0 Å². The van der Waals surface area contributed by atoms with Gasteiger partial charge in [-0.05, 0) is 53.6 Å². The molecule has 4 rings (SSSR count). The van der Waals surface area contributed by atoms with Gasteiger partial charge in [0, 0.05) is 25.6 Å². The maximum atomic E-state index is 12.0. The summed E-state index contributed by atoms with van der Waals surface area (Å²) in [6.45, 7) is 9.48. The number of carbonyl (C=O) groups excluding carboxylic acids is 1. The molecule has 206 valence electrons. The molecule has 39 heavy (non-hydrogen) atoms. The van der Waals surface area contributed by atoms with E-state index in [1.807, 2.05) is 54.9 Å². The summed E-state index contributed by atoms with van der Waals surface area (Å²) in [5, 5.41) is 0. The van der Waals surface area contributed by atoms with E-state index >= 15 is 0 Å². The second-order valence-electron chi connectivity index (χ2n) is 10.5. The Morgan fingerprint density at radius 3 is 2.36 bits per heavy atom. The van der Waals surface area contributed by atoms with Crippen molar-refractivity contribution in [2.45, 2.75) is 59.2 Å². The van der Waals surface area contributed by atoms with E-state index in [1.54, 1.807) is 7.11 Å². The number of hydrogen-bond acceptors (Lipinski definition) is 6. The van der Waals surface area contributed by atoms with Gasteiger partial charge in [0.2, 0.25) is 0 Å². The Morgan fingerprint density at radius 2 is 1.67 bits per heavy atom. The van der Waals surface area contributed by atoms with Crippen LogP contribution in [0, 0.1) is 0 Å². The predicted molar refractivity (Wildman–Crippen MR) is 152 cm³/mol. The summed E-state index contributed by atoms with van der Waals surface area (Å²) in [6, 6.07) is 20.0. The SMILES string of the molecule is CCOC(=O)CCc1ccc(OCc2nc3ccc(OC)cc3n2C)cc1OCc1ccc(C(C)(C)C)cc1. The van der Waals surface area contributed by atoms with Gasteiger partial charge in [-0.15, -0.1) is 0 Å². The van der Waals surface area contributed by atoms with Gasteiger partial charge in [-0.1, -0.05) is 51.1 Å². The number of nitrogens with zero attached hydrogens (tertiary/aromatic N) is 2. The predicted octanol–water partition coefficient (Wildman–Crippen LogP) is 6.53. The zero-order valence-corrected chi connectivity index (χ0v) is 23.7. The van der Waals surface area contributed by atoms with E-state index in [0.29, 0.717) is 37.7 Å². The second kappa shape index (κ2) is 12.2. The molecule has 0 N–H and O–H groups in total. The molecule has 0 saturated carbocycles. The Bertz CT molecular complexity index is 1420. The Morgan fingerprint density at radius 1 is 0.923 bits per heavy atom. The van der Waals surface area contributed by atoms with Crippen molar-refractivity contribution in [1.82, 2.24) is 9.55 Å². The number of imidazole rings is 1. The van der Waals surface area contributed by atoms with Crippen LogP contribution in [0.15, 0.2) is 60.7 Å². The maximum absolute atomic E-state index is 12.0. The van der Waals surface area contributed by atoms with Crippen LogP contribution in [-0.2, 0) is 41.6 Å². The van der Waals surface area contributed by atoms with Gasteiger partial charge >= 0.3 is 5.97 Å². The molecule has 3 aromatic carbocycles. The number of fused-ring (bicyclic) bond motifs is 1. The smallest absolute Gasteiger partial charge is 0.306 e. The van der Waals surface area contributed by atoms with Crippen LogP contribution in [0.1, 0.15) is 56.6 Å². The number of hydrogen-bond donors (Lipinski definition) is 0. The van der Waals surface area contributed by atoms with Gasteiger partial charge in [0.1, 0.15) is 36.3 Å². The highest BCUT2D eigenvalue weighted by Gasteiger charge is 2.15. The van der Waals surface area contributed by atoms with Gasteiger partial charge in [-0.2, -0.15) is 0 Å². The van der Waals surface area contributed by atoms with Crippen LogP contribution in [0.5, 0.6) is 17.2 Å². The van der Waals surface area contributed by atoms with E-state index in [-0.39, 0.29) is 17.8 Å². The summed E-state index contributed by atoms with van der Waals surface area (Å²) in [7, 11) is 3.62. The van der Waals surface area contributed by atoms with Crippen molar-refractivity contribution in [2.24, 2.45) is 7.05 Å². The third-order valence-electron chi connectivity index (χ3n) is 6.71. The molecule has 1 aromatic heterocycles. The lowest BCUT2D eigenvalue weighted by atomic mass is 9.87. The molecule has 0 radical (unpaired) electrons. The van der Waals surface area contributed by atoms with Crippen molar-refractivity contribution >= 4 is 17.0 Å². The van der Waals surface area contributed by atoms with Crippen LogP contribution in [0.4, 0.5) is 0 Å². The zero-order valence-electron chi connectivity index (χ0n) is 23.7. The standard InChI is InChI=1S/C32H38N2O5/c1-7-37-31(35)17-11-23-10-14-26(19-29(23)39-20-22-8-12-24(13-9-22)32(2,3)4)38-21-30-33-27-16-15-25(36-6)18-28(27)34(30)5/h8-10,12-16,18-19H,7,11,17,20-21H2,1-6H3. The van der Waals surface area contributed by atoms with Crippen molar-refractivity contribution < 1.29 is 23.7 Å². The third kappa shape index (κ3) is 7.11. The first kappa shape index (κ1) is 28.0. The minimum absolute atomic E-state index is 0.0937. The maximum Gasteiger partial charge on any atom is 0.306 e. The van der Waals surface area contributed by atoms with E-state index in [1.165, 1.54) is 5.56 Å². The Balaban J connectivity index is 1.50. The molecule has 0 aliphatic rings. The molecular weight excluding hydrogens is 492 g/mol. The lowest BCUT2D eigenvalue weighted by Crippen LogP contribution is -2.11. The average Bonchev–Trinajstić information content (AvgIpc) is 3.24. The lowest BCUT2D eigenvalue weighted by Gasteiger charge is -2.19. The molecule has 0 saturated heterocycles. The van der Waals surface area contributed by atoms with Crippen LogP contribution in [0.2, 0.25) is 0 Å². The molecule has 4 aromatic rings. The Kier molecular flexibility index (Phi) is 8.79. The molecule has 1 heterocycles. The first-order chi connectivity index (χ1) is 18.7. The average molecular weight is 531 g/mol. The van der Waals surface area contributed by atoms with E-state index in [9.17, 15) is 4.79 Å². The van der Waals surface area contributed by atoms with Gasteiger partial charge < -0.3 is 23.5 Å². The number of benzene rings is 3. The molecule has 7 heteroatoms. The van der Waals surface area contributed by atoms with Gasteiger partial charge in [0.25, 0.3) is 0 Å². The van der Waals surface area contributed by atoms with E-state index < -0.39 is 0 Å². The van der Waals surface area contributed by atoms with Crippen molar-refractivity contribution in [3.8, 4) is 17.2 Å². The second-order valence-corrected chi connectivity index (χ2v) is 10.5. The summed E-state index contributed by atoms with van der Waals surface area (Å²) >= 11 is 0. The molecular formula is C32H38N2O5. The highest BCUT2D eigenvalue weighted by atomic mass is 16.5. The molecule has 0 fully saturated rings. The number of rotatable bonds is 11. The summed E-state index contributed by atoms with van der Waals surface area (Å²) in [5.74, 6) is 2.71. The molecule has 0 amide bonds. The van der Waals surface area contributed by atoms with Crippen LogP contribution in [0.3, 0.4) is 0 Å². The third-order valence-corrected chi connectivity index (χ3v) is 6.71. The molecule has 0 aliphatic heterocycles. The number of ether oxygens (including phenoxy) is 4. The summed E-state index contributed by atoms with van der Waals surface area (Å²) in [6.07, 6.45) is 0.804. The quantitative estimate of drug-likeness (QED) is 0.205. The number of esters is 1. The minimum Gasteiger partial charge on any atom is -0.497 e. The zero-order chi connectivity index (χ0) is 28.0. The van der Waals surface area contributed by atoms with Crippen molar-refractivity contribution in [1.29, 1.82) is 0 Å². The highest BCUT2D eigenvalue weighted by molar-refractivity contribution is 5.77. The molecule has 7 nitrogen and oxygen atoms in total. The van der Waals surface area contributed by atoms with E-state index in [4.69, 9.17) is 23.9 Å². The number of aryl methyl sites for hydroxylation is 2. The fourth-order valence-corrected chi connectivity index (χ4v) is 4.32. The van der Waals surface area contributed by atoms with Crippen molar-refractivity contribution in [2.75, 3.05) is 13.7 Å². The minimum atomic E-state index is -0.222. The molecule has 0 atom stereocenters. The van der Waals surface area contributed by atoms with Gasteiger partial charge in [-0.25, -0.2) is 4.98 Å².